The van der Waals surface area contributed by atoms with E-state index >= 15 is 0 Å². The SMILES string of the molecule is Cc1ccc2n(c1=O)C1(CCNCC1)NC2=O. The number of fused-ring (bicyclic) bond motifs is 2. The van der Waals surface area contributed by atoms with Crippen molar-refractivity contribution in [3.05, 3.63) is 33.7 Å². The van der Waals surface area contributed by atoms with Gasteiger partial charge in [0.05, 0.1) is 0 Å². The van der Waals surface area contributed by atoms with Gasteiger partial charge in [0.25, 0.3) is 11.5 Å². The average molecular weight is 233 g/mol. The summed E-state index contributed by atoms with van der Waals surface area (Å²) in [5.74, 6) is -0.135. The summed E-state index contributed by atoms with van der Waals surface area (Å²) in [6.07, 6.45) is 1.52. The number of amides is 1. The van der Waals surface area contributed by atoms with Gasteiger partial charge in [-0.25, -0.2) is 0 Å². The first kappa shape index (κ1) is 10.5. The van der Waals surface area contributed by atoms with E-state index in [2.05, 4.69) is 10.6 Å². The Balaban J connectivity index is 2.23. The zero-order valence-electron chi connectivity index (χ0n) is 9.75. The van der Waals surface area contributed by atoms with Gasteiger partial charge in [0.1, 0.15) is 11.4 Å². The number of hydrogen-bond donors (Lipinski definition) is 2. The number of rotatable bonds is 0. The molecule has 2 aliphatic heterocycles. The molecule has 1 amide bonds. The molecule has 2 N–H and O–H groups in total. The van der Waals surface area contributed by atoms with Crippen LogP contribution in [0.15, 0.2) is 16.9 Å². The first-order chi connectivity index (χ1) is 8.14. The third-order valence-corrected chi connectivity index (χ3v) is 3.71. The number of hydrogen-bond acceptors (Lipinski definition) is 3. The lowest BCUT2D eigenvalue weighted by molar-refractivity contribution is 0.0886. The molecular weight excluding hydrogens is 218 g/mol. The van der Waals surface area contributed by atoms with Crippen LogP contribution in [0.2, 0.25) is 0 Å². The molecule has 5 heteroatoms. The van der Waals surface area contributed by atoms with Crippen LogP contribution in [0, 0.1) is 6.92 Å². The Hall–Kier alpha value is -1.62. The Morgan fingerprint density at radius 1 is 1.24 bits per heavy atom. The molecule has 3 rings (SSSR count). The van der Waals surface area contributed by atoms with Crippen LogP contribution in [0.5, 0.6) is 0 Å². The van der Waals surface area contributed by atoms with Crippen LogP contribution in [0.4, 0.5) is 0 Å². The van der Waals surface area contributed by atoms with Crippen molar-refractivity contribution in [3.8, 4) is 0 Å². The van der Waals surface area contributed by atoms with Gasteiger partial charge in [-0.15, -0.1) is 0 Å². The summed E-state index contributed by atoms with van der Waals surface area (Å²) >= 11 is 0. The molecular formula is C12H15N3O2. The topological polar surface area (TPSA) is 63.1 Å². The molecule has 1 spiro atoms. The monoisotopic (exact) mass is 233 g/mol. The summed E-state index contributed by atoms with van der Waals surface area (Å²) in [4.78, 5) is 24.1. The number of carbonyl (C=O) groups excluding carboxylic acids is 1. The van der Waals surface area contributed by atoms with Gasteiger partial charge in [-0.3, -0.25) is 14.2 Å². The van der Waals surface area contributed by atoms with Crippen molar-refractivity contribution in [1.82, 2.24) is 15.2 Å². The summed E-state index contributed by atoms with van der Waals surface area (Å²) in [6, 6.07) is 3.46. The summed E-state index contributed by atoms with van der Waals surface area (Å²) in [6.45, 7) is 3.42. The highest BCUT2D eigenvalue weighted by molar-refractivity contribution is 5.95. The van der Waals surface area contributed by atoms with Crippen LogP contribution in [-0.4, -0.2) is 23.6 Å². The predicted octanol–water partition coefficient (Wildman–Crippen LogP) is -0.0637. The quantitative estimate of drug-likeness (QED) is 0.659. The molecule has 1 aromatic heterocycles. The zero-order valence-corrected chi connectivity index (χ0v) is 9.75. The molecule has 1 saturated heterocycles. The number of piperidine rings is 1. The van der Waals surface area contributed by atoms with E-state index in [9.17, 15) is 9.59 Å². The molecule has 2 aliphatic rings. The summed E-state index contributed by atoms with van der Waals surface area (Å²) in [5, 5.41) is 6.24. The highest BCUT2D eigenvalue weighted by Gasteiger charge is 2.43. The second kappa shape index (κ2) is 3.43. The van der Waals surface area contributed by atoms with Gasteiger partial charge in [0, 0.05) is 18.4 Å². The van der Waals surface area contributed by atoms with Crippen LogP contribution in [0.1, 0.15) is 28.9 Å². The molecule has 0 aromatic carbocycles. The molecule has 1 fully saturated rings. The molecule has 90 valence electrons. The Labute approximate surface area is 98.8 Å². The van der Waals surface area contributed by atoms with E-state index in [1.165, 1.54) is 0 Å². The van der Waals surface area contributed by atoms with Crippen molar-refractivity contribution in [1.29, 1.82) is 0 Å². The lowest BCUT2D eigenvalue weighted by Crippen LogP contribution is -2.53. The summed E-state index contributed by atoms with van der Waals surface area (Å²) < 4.78 is 1.66. The number of aryl methyl sites for hydroxylation is 1. The largest absolute Gasteiger partial charge is 0.327 e. The predicted molar refractivity (Wildman–Crippen MR) is 63.0 cm³/mol. The van der Waals surface area contributed by atoms with Gasteiger partial charge < -0.3 is 10.6 Å². The van der Waals surface area contributed by atoms with Gasteiger partial charge >= 0.3 is 0 Å². The van der Waals surface area contributed by atoms with Crippen LogP contribution in [0.25, 0.3) is 0 Å². The maximum Gasteiger partial charge on any atom is 0.269 e. The first-order valence-electron chi connectivity index (χ1n) is 5.90. The van der Waals surface area contributed by atoms with Crippen molar-refractivity contribution in [3.63, 3.8) is 0 Å². The molecule has 0 saturated carbocycles. The lowest BCUT2D eigenvalue weighted by Gasteiger charge is -2.35. The maximum absolute atomic E-state index is 12.2. The second-order valence-electron chi connectivity index (χ2n) is 4.78. The number of carbonyl (C=O) groups is 1. The smallest absolute Gasteiger partial charge is 0.269 e. The fraction of sp³-hybridized carbons (Fsp3) is 0.500. The molecule has 0 unspecified atom stereocenters. The number of nitrogens with zero attached hydrogens (tertiary/aromatic N) is 1. The Morgan fingerprint density at radius 3 is 2.65 bits per heavy atom. The van der Waals surface area contributed by atoms with E-state index in [0.717, 1.165) is 25.9 Å². The van der Waals surface area contributed by atoms with E-state index in [0.29, 0.717) is 11.3 Å². The molecule has 5 nitrogen and oxygen atoms in total. The number of aromatic nitrogens is 1. The van der Waals surface area contributed by atoms with Crippen molar-refractivity contribution >= 4 is 5.91 Å². The lowest BCUT2D eigenvalue weighted by atomic mass is 9.98. The fourth-order valence-electron chi connectivity index (χ4n) is 2.76. The normalized spacial score (nSPS) is 21.4. The van der Waals surface area contributed by atoms with Crippen molar-refractivity contribution in [2.24, 2.45) is 0 Å². The van der Waals surface area contributed by atoms with E-state index in [1.54, 1.807) is 23.6 Å². The Kier molecular flexibility index (Phi) is 2.13. The van der Waals surface area contributed by atoms with Crippen molar-refractivity contribution in [2.75, 3.05) is 13.1 Å². The van der Waals surface area contributed by atoms with Crippen LogP contribution in [0.3, 0.4) is 0 Å². The first-order valence-corrected chi connectivity index (χ1v) is 5.90. The molecule has 0 atom stereocenters. The molecule has 0 bridgehead atoms. The van der Waals surface area contributed by atoms with E-state index in [1.807, 2.05) is 0 Å². The Bertz CT molecular complexity index is 541. The third kappa shape index (κ3) is 1.35. The molecule has 1 aromatic rings. The van der Waals surface area contributed by atoms with Crippen LogP contribution >= 0.6 is 0 Å². The fourth-order valence-corrected chi connectivity index (χ4v) is 2.76. The minimum absolute atomic E-state index is 0.0530. The molecule has 17 heavy (non-hydrogen) atoms. The third-order valence-electron chi connectivity index (χ3n) is 3.71. The molecule has 3 heterocycles. The zero-order chi connectivity index (χ0) is 12.0. The van der Waals surface area contributed by atoms with E-state index in [-0.39, 0.29) is 11.5 Å². The van der Waals surface area contributed by atoms with Gasteiger partial charge in [0.15, 0.2) is 0 Å². The van der Waals surface area contributed by atoms with Gasteiger partial charge in [-0.2, -0.15) is 0 Å². The average Bonchev–Trinajstić information content (AvgIpc) is 2.58. The molecule has 0 aliphatic carbocycles. The highest BCUT2D eigenvalue weighted by Crippen LogP contribution is 2.29. The van der Waals surface area contributed by atoms with Gasteiger partial charge in [-0.1, -0.05) is 6.07 Å². The standard InChI is InChI=1S/C12H15N3O2/c1-8-2-3-9-10(16)14-12(15(9)11(8)17)4-6-13-7-5-12/h2-3,13H,4-7H2,1H3,(H,14,16). The highest BCUT2D eigenvalue weighted by atomic mass is 16.2. The summed E-state index contributed by atoms with van der Waals surface area (Å²) in [5.41, 5.74) is 0.620. The maximum atomic E-state index is 12.2. The van der Waals surface area contributed by atoms with E-state index < -0.39 is 5.66 Å². The minimum Gasteiger partial charge on any atom is -0.327 e. The number of nitrogens with one attached hydrogen (secondary N) is 2. The second-order valence-corrected chi connectivity index (χ2v) is 4.78. The molecule has 0 radical (unpaired) electrons. The Morgan fingerprint density at radius 2 is 1.94 bits per heavy atom. The number of pyridine rings is 1. The van der Waals surface area contributed by atoms with Crippen LogP contribution in [-0.2, 0) is 5.66 Å². The minimum atomic E-state index is -0.499. The summed E-state index contributed by atoms with van der Waals surface area (Å²) in [7, 11) is 0. The van der Waals surface area contributed by atoms with Crippen LogP contribution < -0.4 is 16.2 Å². The van der Waals surface area contributed by atoms with Crippen molar-refractivity contribution in [2.45, 2.75) is 25.4 Å². The van der Waals surface area contributed by atoms with Gasteiger partial charge in [-0.05, 0) is 26.1 Å². The van der Waals surface area contributed by atoms with Gasteiger partial charge in [0.2, 0.25) is 0 Å². The van der Waals surface area contributed by atoms with Crippen molar-refractivity contribution < 1.29 is 4.79 Å². The van der Waals surface area contributed by atoms with E-state index in [4.69, 9.17) is 0 Å².